The van der Waals surface area contributed by atoms with E-state index in [1.54, 1.807) is 20.4 Å². The number of hydrogen-bond acceptors (Lipinski definition) is 4. The number of ether oxygens (including phenoxy) is 2. The normalized spacial score (nSPS) is 10.6. The summed E-state index contributed by atoms with van der Waals surface area (Å²) in [7, 11) is 3.36. The van der Waals surface area contributed by atoms with Crippen molar-refractivity contribution in [1.29, 1.82) is 0 Å². The molecule has 0 spiro atoms. The molecule has 5 nitrogen and oxygen atoms in total. The smallest absolute Gasteiger partial charge is 0.123 e. The van der Waals surface area contributed by atoms with Gasteiger partial charge < -0.3 is 19.4 Å². The van der Waals surface area contributed by atoms with Crippen LogP contribution >= 0.6 is 0 Å². The van der Waals surface area contributed by atoms with Crippen molar-refractivity contribution in [3.05, 3.63) is 77.9 Å². The summed E-state index contributed by atoms with van der Waals surface area (Å²) < 4.78 is 12.8. The van der Waals surface area contributed by atoms with Gasteiger partial charge in [0.2, 0.25) is 0 Å². The van der Waals surface area contributed by atoms with E-state index in [0.29, 0.717) is 6.54 Å². The zero-order chi connectivity index (χ0) is 17.5. The van der Waals surface area contributed by atoms with E-state index < -0.39 is 0 Å². The fourth-order valence-corrected chi connectivity index (χ4v) is 2.81. The quantitative estimate of drug-likeness (QED) is 0.685. The van der Waals surface area contributed by atoms with Crippen molar-refractivity contribution < 1.29 is 9.47 Å². The van der Waals surface area contributed by atoms with Crippen LogP contribution in [-0.4, -0.2) is 23.8 Å². The minimum absolute atomic E-state index is 0.708. The fraction of sp³-hybridized carbons (Fsp3) is 0.250. The Morgan fingerprint density at radius 3 is 2.48 bits per heavy atom. The molecule has 0 saturated heterocycles. The molecule has 0 aliphatic heterocycles. The molecule has 0 amide bonds. The predicted octanol–water partition coefficient (Wildman–Crippen LogP) is 3.24. The highest BCUT2D eigenvalue weighted by atomic mass is 16.5. The van der Waals surface area contributed by atoms with Crippen LogP contribution in [0.2, 0.25) is 0 Å². The maximum Gasteiger partial charge on any atom is 0.123 e. The Labute approximate surface area is 148 Å². The van der Waals surface area contributed by atoms with E-state index in [2.05, 4.69) is 39.1 Å². The summed E-state index contributed by atoms with van der Waals surface area (Å²) in [5.41, 5.74) is 3.64. The number of methoxy groups -OCH3 is 2. The van der Waals surface area contributed by atoms with E-state index in [1.165, 1.54) is 11.1 Å². The van der Waals surface area contributed by atoms with Crippen molar-refractivity contribution in [2.24, 2.45) is 0 Å². The second-order valence-electron chi connectivity index (χ2n) is 5.79. The SMILES string of the molecule is COc1ccc(OC)c(CNCc2ccccc2Cn2ccnc2)c1. The third kappa shape index (κ3) is 4.39. The first-order chi connectivity index (χ1) is 12.3. The second kappa shape index (κ2) is 8.35. The van der Waals surface area contributed by atoms with Gasteiger partial charge in [0.05, 0.1) is 20.5 Å². The van der Waals surface area contributed by atoms with Crippen LogP contribution in [0.5, 0.6) is 11.5 Å². The number of nitrogens with one attached hydrogen (secondary N) is 1. The monoisotopic (exact) mass is 337 g/mol. The first-order valence-corrected chi connectivity index (χ1v) is 8.24. The van der Waals surface area contributed by atoms with Crippen molar-refractivity contribution in [2.75, 3.05) is 14.2 Å². The topological polar surface area (TPSA) is 48.3 Å². The molecular formula is C20H23N3O2. The summed E-state index contributed by atoms with van der Waals surface area (Å²) >= 11 is 0. The molecule has 0 bridgehead atoms. The molecule has 0 atom stereocenters. The van der Waals surface area contributed by atoms with Crippen molar-refractivity contribution >= 4 is 0 Å². The van der Waals surface area contributed by atoms with E-state index in [9.17, 15) is 0 Å². The van der Waals surface area contributed by atoms with Gasteiger partial charge in [-0.15, -0.1) is 0 Å². The molecule has 1 N–H and O–H groups in total. The van der Waals surface area contributed by atoms with Gasteiger partial charge in [-0.2, -0.15) is 0 Å². The minimum Gasteiger partial charge on any atom is -0.497 e. The average Bonchev–Trinajstić information content (AvgIpc) is 3.16. The molecule has 2 aromatic carbocycles. The molecule has 3 rings (SSSR count). The van der Waals surface area contributed by atoms with E-state index in [-0.39, 0.29) is 0 Å². The lowest BCUT2D eigenvalue weighted by molar-refractivity contribution is 0.397. The summed E-state index contributed by atoms with van der Waals surface area (Å²) in [6.45, 7) is 2.31. The standard InChI is InChI=1S/C20H23N3O2/c1-24-19-7-8-20(25-2)18(11-19)13-22-12-16-5-3-4-6-17(16)14-23-10-9-21-15-23/h3-11,15,22H,12-14H2,1-2H3. The lowest BCUT2D eigenvalue weighted by Gasteiger charge is -2.13. The lowest BCUT2D eigenvalue weighted by atomic mass is 10.1. The summed E-state index contributed by atoms with van der Waals surface area (Å²) in [5, 5.41) is 3.50. The number of imidazole rings is 1. The molecule has 0 radical (unpaired) electrons. The maximum absolute atomic E-state index is 5.44. The fourth-order valence-electron chi connectivity index (χ4n) is 2.81. The van der Waals surface area contributed by atoms with Crippen molar-refractivity contribution in [1.82, 2.24) is 14.9 Å². The molecule has 130 valence electrons. The van der Waals surface area contributed by atoms with Crippen LogP contribution in [0.15, 0.2) is 61.2 Å². The lowest BCUT2D eigenvalue weighted by Crippen LogP contribution is -2.15. The molecule has 5 heteroatoms. The first-order valence-electron chi connectivity index (χ1n) is 8.24. The van der Waals surface area contributed by atoms with Gasteiger partial charge in [-0.3, -0.25) is 0 Å². The number of aromatic nitrogens is 2. The van der Waals surface area contributed by atoms with Crippen LogP contribution in [0, 0.1) is 0 Å². The Hall–Kier alpha value is -2.79. The zero-order valence-corrected chi connectivity index (χ0v) is 14.6. The summed E-state index contributed by atoms with van der Waals surface area (Å²) in [6.07, 6.45) is 5.62. The number of hydrogen-bond donors (Lipinski definition) is 1. The maximum atomic E-state index is 5.44. The minimum atomic E-state index is 0.708. The highest BCUT2D eigenvalue weighted by Gasteiger charge is 2.06. The third-order valence-electron chi connectivity index (χ3n) is 4.15. The first kappa shape index (κ1) is 17.0. The van der Waals surface area contributed by atoms with Crippen LogP contribution in [0.1, 0.15) is 16.7 Å². The molecule has 1 aromatic heterocycles. The number of rotatable bonds is 8. The number of nitrogens with zero attached hydrogens (tertiary/aromatic N) is 2. The van der Waals surface area contributed by atoms with Crippen LogP contribution in [0.4, 0.5) is 0 Å². The molecule has 0 unspecified atom stereocenters. The number of benzene rings is 2. The van der Waals surface area contributed by atoms with E-state index in [0.717, 1.165) is 30.2 Å². The molecule has 0 saturated carbocycles. The van der Waals surface area contributed by atoms with Crippen LogP contribution in [-0.2, 0) is 19.6 Å². The van der Waals surface area contributed by atoms with Crippen molar-refractivity contribution in [3.8, 4) is 11.5 Å². The van der Waals surface area contributed by atoms with E-state index in [4.69, 9.17) is 9.47 Å². The molecule has 1 heterocycles. The summed E-state index contributed by atoms with van der Waals surface area (Å²) in [5.74, 6) is 1.69. The van der Waals surface area contributed by atoms with Crippen LogP contribution < -0.4 is 14.8 Å². The Morgan fingerprint density at radius 2 is 1.76 bits per heavy atom. The van der Waals surface area contributed by atoms with Crippen LogP contribution in [0.3, 0.4) is 0 Å². The Bertz CT molecular complexity index is 800. The highest BCUT2D eigenvalue weighted by molar-refractivity contribution is 5.40. The molecule has 0 fully saturated rings. The zero-order valence-electron chi connectivity index (χ0n) is 14.6. The molecular weight excluding hydrogens is 314 g/mol. The third-order valence-corrected chi connectivity index (χ3v) is 4.15. The predicted molar refractivity (Wildman–Crippen MR) is 97.9 cm³/mol. The van der Waals surface area contributed by atoms with Crippen molar-refractivity contribution in [3.63, 3.8) is 0 Å². The molecule has 0 aliphatic carbocycles. The van der Waals surface area contributed by atoms with Gasteiger partial charge in [-0.1, -0.05) is 24.3 Å². The van der Waals surface area contributed by atoms with Gasteiger partial charge in [-0.05, 0) is 29.3 Å². The Balaban J connectivity index is 1.66. The van der Waals surface area contributed by atoms with Gasteiger partial charge >= 0.3 is 0 Å². The Morgan fingerprint density at radius 1 is 0.960 bits per heavy atom. The second-order valence-corrected chi connectivity index (χ2v) is 5.79. The summed E-state index contributed by atoms with van der Waals surface area (Å²) in [4.78, 5) is 4.11. The van der Waals surface area contributed by atoms with Gasteiger partial charge in [0.1, 0.15) is 11.5 Å². The Kier molecular flexibility index (Phi) is 5.69. The average molecular weight is 337 g/mol. The molecule has 0 aliphatic rings. The van der Waals surface area contributed by atoms with Gasteiger partial charge in [-0.25, -0.2) is 4.98 Å². The largest absolute Gasteiger partial charge is 0.497 e. The van der Waals surface area contributed by atoms with E-state index in [1.807, 2.05) is 30.7 Å². The summed E-state index contributed by atoms with van der Waals surface area (Å²) in [6, 6.07) is 14.3. The van der Waals surface area contributed by atoms with Crippen LogP contribution in [0.25, 0.3) is 0 Å². The van der Waals surface area contributed by atoms with E-state index >= 15 is 0 Å². The highest BCUT2D eigenvalue weighted by Crippen LogP contribution is 2.24. The van der Waals surface area contributed by atoms with Gasteiger partial charge in [0, 0.05) is 37.6 Å². The van der Waals surface area contributed by atoms with Crippen molar-refractivity contribution in [2.45, 2.75) is 19.6 Å². The van der Waals surface area contributed by atoms with Gasteiger partial charge in [0.25, 0.3) is 0 Å². The molecule has 25 heavy (non-hydrogen) atoms. The van der Waals surface area contributed by atoms with Gasteiger partial charge in [0.15, 0.2) is 0 Å². The molecule has 3 aromatic rings.